The maximum atomic E-state index is 12.1. The van der Waals surface area contributed by atoms with Gasteiger partial charge in [-0.3, -0.25) is 9.59 Å². The maximum absolute atomic E-state index is 12.1. The standard InChI is InChI=1S/C17H25N3O3.ClH/c1-18-10-5-6-16(21)19-13-8-9-15(23-2)14(12-13)20-11-4-3-7-17(20)22;/h8-9,12,18H,3-7,10-11H2,1-2H3,(H,19,21);1H. The van der Waals surface area contributed by atoms with Gasteiger partial charge < -0.3 is 20.3 Å². The van der Waals surface area contributed by atoms with E-state index >= 15 is 0 Å². The third kappa shape index (κ3) is 5.39. The fourth-order valence-corrected chi connectivity index (χ4v) is 2.69. The van der Waals surface area contributed by atoms with Gasteiger partial charge in [-0.25, -0.2) is 0 Å². The lowest BCUT2D eigenvalue weighted by atomic mass is 10.1. The first kappa shape index (κ1) is 20.3. The summed E-state index contributed by atoms with van der Waals surface area (Å²) in [4.78, 5) is 25.8. The zero-order chi connectivity index (χ0) is 16.7. The Morgan fingerprint density at radius 2 is 2.12 bits per heavy atom. The molecule has 0 unspecified atom stereocenters. The van der Waals surface area contributed by atoms with Crippen LogP contribution in [0, 0.1) is 0 Å². The summed E-state index contributed by atoms with van der Waals surface area (Å²) < 4.78 is 5.37. The van der Waals surface area contributed by atoms with Crippen LogP contribution in [0.4, 0.5) is 11.4 Å². The van der Waals surface area contributed by atoms with Gasteiger partial charge in [0.2, 0.25) is 11.8 Å². The van der Waals surface area contributed by atoms with E-state index in [9.17, 15) is 9.59 Å². The average molecular weight is 356 g/mol. The molecular formula is C17H26ClN3O3. The van der Waals surface area contributed by atoms with Gasteiger partial charge in [0.25, 0.3) is 0 Å². The largest absolute Gasteiger partial charge is 0.495 e. The molecular weight excluding hydrogens is 330 g/mol. The number of amides is 2. The second-order valence-electron chi connectivity index (χ2n) is 5.64. The Balaban J connectivity index is 0.00000288. The maximum Gasteiger partial charge on any atom is 0.227 e. The van der Waals surface area contributed by atoms with Crippen molar-refractivity contribution in [2.24, 2.45) is 0 Å². The monoisotopic (exact) mass is 355 g/mol. The van der Waals surface area contributed by atoms with Crippen molar-refractivity contribution in [1.82, 2.24) is 5.32 Å². The van der Waals surface area contributed by atoms with Gasteiger partial charge in [-0.2, -0.15) is 0 Å². The average Bonchev–Trinajstić information content (AvgIpc) is 2.55. The molecule has 0 radical (unpaired) electrons. The molecule has 1 aromatic carbocycles. The second-order valence-corrected chi connectivity index (χ2v) is 5.64. The minimum absolute atomic E-state index is 0. The van der Waals surface area contributed by atoms with Crippen LogP contribution in [0.15, 0.2) is 18.2 Å². The second kappa shape index (κ2) is 10.2. The number of halogens is 1. The number of hydrogen-bond donors (Lipinski definition) is 2. The summed E-state index contributed by atoms with van der Waals surface area (Å²) in [6.45, 7) is 1.50. The minimum Gasteiger partial charge on any atom is -0.495 e. The highest BCUT2D eigenvalue weighted by molar-refractivity contribution is 5.97. The predicted molar refractivity (Wildman–Crippen MR) is 98.2 cm³/mol. The van der Waals surface area contributed by atoms with Crippen molar-refractivity contribution in [3.63, 3.8) is 0 Å². The van der Waals surface area contributed by atoms with Crippen molar-refractivity contribution in [1.29, 1.82) is 0 Å². The van der Waals surface area contributed by atoms with Crippen LogP contribution in [0.1, 0.15) is 32.1 Å². The number of benzene rings is 1. The third-order valence-electron chi connectivity index (χ3n) is 3.91. The molecule has 2 N–H and O–H groups in total. The van der Waals surface area contributed by atoms with Gasteiger partial charge in [0, 0.05) is 25.1 Å². The third-order valence-corrected chi connectivity index (χ3v) is 3.91. The molecule has 0 aliphatic carbocycles. The zero-order valence-corrected chi connectivity index (χ0v) is 15.1. The fraction of sp³-hybridized carbons (Fsp3) is 0.529. The Kier molecular flexibility index (Phi) is 8.57. The first-order chi connectivity index (χ1) is 11.2. The van der Waals surface area contributed by atoms with Crippen molar-refractivity contribution in [3.8, 4) is 5.75 Å². The Hall–Kier alpha value is -1.79. The van der Waals surface area contributed by atoms with E-state index in [1.807, 2.05) is 13.1 Å². The summed E-state index contributed by atoms with van der Waals surface area (Å²) in [7, 11) is 3.45. The highest BCUT2D eigenvalue weighted by atomic mass is 35.5. The summed E-state index contributed by atoms with van der Waals surface area (Å²) in [5.74, 6) is 0.724. The summed E-state index contributed by atoms with van der Waals surface area (Å²) in [6, 6.07) is 5.41. The van der Waals surface area contributed by atoms with Gasteiger partial charge in [-0.1, -0.05) is 0 Å². The molecule has 1 aromatic rings. The molecule has 1 heterocycles. The van der Waals surface area contributed by atoms with Crippen molar-refractivity contribution in [3.05, 3.63) is 18.2 Å². The highest BCUT2D eigenvalue weighted by Gasteiger charge is 2.23. The van der Waals surface area contributed by atoms with Crippen LogP contribution >= 0.6 is 12.4 Å². The normalized spacial score (nSPS) is 14.1. The van der Waals surface area contributed by atoms with E-state index < -0.39 is 0 Å². The highest BCUT2D eigenvalue weighted by Crippen LogP contribution is 2.33. The van der Waals surface area contributed by atoms with Crippen LogP contribution in [0.3, 0.4) is 0 Å². The van der Waals surface area contributed by atoms with Gasteiger partial charge in [0.05, 0.1) is 12.8 Å². The molecule has 0 saturated carbocycles. The minimum atomic E-state index is -0.0265. The van der Waals surface area contributed by atoms with Crippen molar-refractivity contribution >= 4 is 35.6 Å². The number of anilines is 2. The van der Waals surface area contributed by atoms with Gasteiger partial charge in [-0.05, 0) is 51.1 Å². The number of nitrogens with zero attached hydrogens (tertiary/aromatic N) is 1. The lowest BCUT2D eigenvalue weighted by Crippen LogP contribution is -2.35. The van der Waals surface area contributed by atoms with E-state index in [0.717, 1.165) is 31.5 Å². The van der Waals surface area contributed by atoms with E-state index in [-0.39, 0.29) is 24.2 Å². The van der Waals surface area contributed by atoms with Crippen molar-refractivity contribution in [2.75, 3.05) is 37.5 Å². The number of carbonyl (C=O) groups excluding carboxylic acids is 2. The van der Waals surface area contributed by atoms with Gasteiger partial charge in [0.1, 0.15) is 5.75 Å². The van der Waals surface area contributed by atoms with E-state index in [1.54, 1.807) is 24.1 Å². The number of hydrogen-bond acceptors (Lipinski definition) is 4. The van der Waals surface area contributed by atoms with Crippen LogP contribution in [-0.4, -0.2) is 39.1 Å². The molecule has 1 saturated heterocycles. The molecule has 2 rings (SSSR count). The molecule has 1 fully saturated rings. The number of nitrogens with one attached hydrogen (secondary N) is 2. The molecule has 0 atom stereocenters. The first-order valence-electron chi connectivity index (χ1n) is 8.08. The molecule has 7 heteroatoms. The van der Waals surface area contributed by atoms with Crippen LogP contribution < -0.4 is 20.3 Å². The molecule has 24 heavy (non-hydrogen) atoms. The van der Waals surface area contributed by atoms with Gasteiger partial charge in [-0.15, -0.1) is 12.4 Å². The molecule has 1 aliphatic heterocycles. The van der Waals surface area contributed by atoms with Crippen LogP contribution in [0.2, 0.25) is 0 Å². The van der Waals surface area contributed by atoms with Crippen molar-refractivity contribution < 1.29 is 14.3 Å². The van der Waals surface area contributed by atoms with Crippen LogP contribution in [0.25, 0.3) is 0 Å². The summed E-state index contributed by atoms with van der Waals surface area (Å²) in [5, 5.41) is 5.90. The lowest BCUT2D eigenvalue weighted by Gasteiger charge is -2.28. The van der Waals surface area contributed by atoms with Gasteiger partial charge in [0.15, 0.2) is 0 Å². The fourth-order valence-electron chi connectivity index (χ4n) is 2.69. The molecule has 0 bridgehead atoms. The quantitative estimate of drug-likeness (QED) is 0.737. The topological polar surface area (TPSA) is 70.7 Å². The molecule has 0 aromatic heterocycles. The predicted octanol–water partition coefficient (Wildman–Crippen LogP) is 2.57. The van der Waals surface area contributed by atoms with Gasteiger partial charge >= 0.3 is 0 Å². The molecule has 0 spiro atoms. The molecule has 2 amide bonds. The number of carbonyl (C=O) groups is 2. The molecule has 1 aliphatic rings. The Morgan fingerprint density at radius 3 is 2.79 bits per heavy atom. The summed E-state index contributed by atoms with van der Waals surface area (Å²) in [6.07, 6.45) is 3.72. The molecule has 6 nitrogen and oxygen atoms in total. The lowest BCUT2D eigenvalue weighted by molar-refractivity contribution is -0.119. The summed E-state index contributed by atoms with van der Waals surface area (Å²) >= 11 is 0. The Morgan fingerprint density at radius 1 is 1.33 bits per heavy atom. The molecule has 134 valence electrons. The van der Waals surface area contributed by atoms with E-state index in [1.165, 1.54) is 0 Å². The van der Waals surface area contributed by atoms with E-state index in [0.29, 0.717) is 30.8 Å². The number of ether oxygens (including phenoxy) is 1. The Bertz CT molecular complexity index is 566. The number of methoxy groups -OCH3 is 1. The smallest absolute Gasteiger partial charge is 0.227 e. The SMILES string of the molecule is CNCCCC(=O)Nc1ccc(OC)c(N2CCCCC2=O)c1.Cl. The van der Waals surface area contributed by atoms with Crippen LogP contribution in [0.5, 0.6) is 5.75 Å². The number of piperidine rings is 1. The van der Waals surface area contributed by atoms with Crippen molar-refractivity contribution in [2.45, 2.75) is 32.1 Å². The van der Waals surface area contributed by atoms with E-state index in [2.05, 4.69) is 10.6 Å². The Labute approximate surface area is 149 Å². The number of rotatable bonds is 7. The first-order valence-corrected chi connectivity index (χ1v) is 8.08. The summed E-state index contributed by atoms with van der Waals surface area (Å²) in [5.41, 5.74) is 1.42. The van der Waals surface area contributed by atoms with Crippen LogP contribution in [-0.2, 0) is 9.59 Å². The van der Waals surface area contributed by atoms with E-state index in [4.69, 9.17) is 4.74 Å². The zero-order valence-electron chi connectivity index (χ0n) is 14.3.